The van der Waals surface area contributed by atoms with Crippen LogP contribution in [0, 0.1) is 0 Å². The van der Waals surface area contributed by atoms with Crippen LogP contribution in [-0.4, -0.2) is 35.4 Å². The van der Waals surface area contributed by atoms with Crippen LogP contribution >= 0.6 is 0 Å². The first-order valence-corrected chi connectivity index (χ1v) is 5.53. The molecule has 1 unspecified atom stereocenters. The van der Waals surface area contributed by atoms with Gasteiger partial charge in [-0.15, -0.1) is 0 Å². The van der Waals surface area contributed by atoms with Crippen LogP contribution in [0.15, 0.2) is 18.2 Å². The second kappa shape index (κ2) is 6.60. The summed E-state index contributed by atoms with van der Waals surface area (Å²) < 4.78 is 10.8. The Morgan fingerprint density at radius 3 is 2.16 bits per heavy atom. The highest BCUT2D eigenvalue weighted by atomic mass is 16.6. The minimum atomic E-state index is -1.82. The Labute approximate surface area is 109 Å². The molecule has 0 radical (unpaired) electrons. The van der Waals surface area contributed by atoms with Crippen molar-refractivity contribution in [1.82, 2.24) is 0 Å². The Balaban J connectivity index is 0.000000258. The highest BCUT2D eigenvalue weighted by Crippen LogP contribution is 2.31. The lowest BCUT2D eigenvalue weighted by molar-refractivity contribution is -0.159. The monoisotopic (exact) mass is 269 g/mol. The molecule has 0 saturated carbocycles. The summed E-state index contributed by atoms with van der Waals surface area (Å²) in [7, 11) is 0. The minimum Gasteiger partial charge on any atom is -0.486 e. The van der Waals surface area contributed by atoms with E-state index in [0.717, 1.165) is 17.1 Å². The molecule has 1 atom stereocenters. The van der Waals surface area contributed by atoms with Gasteiger partial charge in [-0.25, -0.2) is 9.59 Å². The number of carboxylic acid groups (broad SMARTS) is 2. The van der Waals surface area contributed by atoms with E-state index in [4.69, 9.17) is 35.0 Å². The molecule has 1 heterocycles. The van der Waals surface area contributed by atoms with E-state index in [0.29, 0.717) is 13.2 Å². The molecule has 1 aliphatic heterocycles. The SMILES string of the molecule is CC(N)c1ccc2c(c1)OCCO2.O=C(O)C(=O)O. The molecule has 0 saturated heterocycles. The molecule has 0 fully saturated rings. The molecule has 0 amide bonds. The van der Waals surface area contributed by atoms with E-state index in [2.05, 4.69) is 0 Å². The predicted octanol–water partition coefficient (Wildman–Crippen LogP) is 0.633. The Morgan fingerprint density at radius 2 is 1.68 bits per heavy atom. The highest BCUT2D eigenvalue weighted by molar-refractivity contribution is 6.27. The lowest BCUT2D eigenvalue weighted by atomic mass is 10.1. The summed E-state index contributed by atoms with van der Waals surface area (Å²) in [5, 5.41) is 14.8. The van der Waals surface area contributed by atoms with Crippen LogP contribution in [0.25, 0.3) is 0 Å². The van der Waals surface area contributed by atoms with Gasteiger partial charge in [0.15, 0.2) is 11.5 Å². The van der Waals surface area contributed by atoms with Crippen molar-refractivity contribution in [3.05, 3.63) is 23.8 Å². The maximum absolute atomic E-state index is 9.10. The molecule has 1 aromatic rings. The number of benzene rings is 1. The van der Waals surface area contributed by atoms with Crippen LogP contribution in [0.3, 0.4) is 0 Å². The van der Waals surface area contributed by atoms with Gasteiger partial charge in [0.1, 0.15) is 13.2 Å². The lowest BCUT2D eigenvalue weighted by Gasteiger charge is -2.19. The third-order valence-corrected chi connectivity index (χ3v) is 2.27. The van der Waals surface area contributed by atoms with E-state index in [-0.39, 0.29) is 6.04 Å². The molecule has 104 valence electrons. The molecule has 4 N–H and O–H groups in total. The van der Waals surface area contributed by atoms with Crippen LogP contribution in [0.2, 0.25) is 0 Å². The summed E-state index contributed by atoms with van der Waals surface area (Å²) in [6.07, 6.45) is 0. The van der Waals surface area contributed by atoms with Gasteiger partial charge in [-0.05, 0) is 24.6 Å². The van der Waals surface area contributed by atoms with E-state index in [1.165, 1.54) is 0 Å². The van der Waals surface area contributed by atoms with Gasteiger partial charge in [0, 0.05) is 6.04 Å². The molecule has 0 bridgehead atoms. The second-order valence-electron chi connectivity index (χ2n) is 3.80. The van der Waals surface area contributed by atoms with Gasteiger partial charge in [0.05, 0.1) is 0 Å². The summed E-state index contributed by atoms with van der Waals surface area (Å²) in [5.41, 5.74) is 6.82. The molecule has 0 aromatic heterocycles. The van der Waals surface area contributed by atoms with Crippen LogP contribution in [0.4, 0.5) is 0 Å². The van der Waals surface area contributed by atoms with Crippen LogP contribution in [0.1, 0.15) is 18.5 Å². The third kappa shape index (κ3) is 4.47. The summed E-state index contributed by atoms with van der Waals surface area (Å²) in [6.45, 7) is 3.20. The number of fused-ring (bicyclic) bond motifs is 1. The van der Waals surface area contributed by atoms with Gasteiger partial charge in [0.25, 0.3) is 0 Å². The van der Waals surface area contributed by atoms with Crippen LogP contribution < -0.4 is 15.2 Å². The van der Waals surface area contributed by atoms with Crippen LogP contribution in [0.5, 0.6) is 11.5 Å². The average Bonchev–Trinajstić information content (AvgIpc) is 2.38. The Morgan fingerprint density at radius 1 is 1.16 bits per heavy atom. The van der Waals surface area contributed by atoms with Crippen molar-refractivity contribution in [3.63, 3.8) is 0 Å². The van der Waals surface area contributed by atoms with Gasteiger partial charge in [-0.1, -0.05) is 6.07 Å². The van der Waals surface area contributed by atoms with Gasteiger partial charge in [-0.3, -0.25) is 0 Å². The number of rotatable bonds is 1. The smallest absolute Gasteiger partial charge is 0.414 e. The van der Waals surface area contributed by atoms with E-state index in [9.17, 15) is 0 Å². The van der Waals surface area contributed by atoms with Crippen molar-refractivity contribution in [2.45, 2.75) is 13.0 Å². The summed E-state index contributed by atoms with van der Waals surface area (Å²) in [4.78, 5) is 18.2. The molecule has 19 heavy (non-hydrogen) atoms. The van der Waals surface area contributed by atoms with Crippen molar-refractivity contribution in [1.29, 1.82) is 0 Å². The Hall–Kier alpha value is -2.28. The summed E-state index contributed by atoms with van der Waals surface area (Å²) in [5.74, 6) is -2.03. The lowest BCUT2D eigenvalue weighted by Crippen LogP contribution is -2.16. The third-order valence-electron chi connectivity index (χ3n) is 2.27. The first-order chi connectivity index (χ1) is 8.91. The molecule has 7 nitrogen and oxygen atoms in total. The summed E-state index contributed by atoms with van der Waals surface area (Å²) >= 11 is 0. The van der Waals surface area contributed by atoms with Gasteiger partial charge >= 0.3 is 11.9 Å². The first kappa shape index (κ1) is 14.8. The molecule has 0 aliphatic carbocycles. The fourth-order valence-corrected chi connectivity index (χ4v) is 1.34. The minimum absolute atomic E-state index is 0.0378. The maximum atomic E-state index is 9.10. The van der Waals surface area contributed by atoms with Crippen molar-refractivity contribution >= 4 is 11.9 Å². The van der Waals surface area contributed by atoms with E-state index in [1.54, 1.807) is 0 Å². The van der Waals surface area contributed by atoms with Crippen molar-refractivity contribution < 1.29 is 29.3 Å². The van der Waals surface area contributed by atoms with Crippen LogP contribution in [-0.2, 0) is 9.59 Å². The topological polar surface area (TPSA) is 119 Å². The standard InChI is InChI=1S/C10H13NO2.C2H2O4/c1-7(11)8-2-3-9-10(6-8)13-5-4-12-9;3-1(4)2(5)6/h2-3,6-7H,4-5,11H2,1H3;(H,3,4)(H,5,6). The zero-order chi connectivity index (χ0) is 14.4. The van der Waals surface area contributed by atoms with E-state index < -0.39 is 11.9 Å². The predicted molar refractivity (Wildman–Crippen MR) is 65.3 cm³/mol. The van der Waals surface area contributed by atoms with Crippen molar-refractivity contribution in [3.8, 4) is 11.5 Å². The molecular formula is C12H15NO6. The van der Waals surface area contributed by atoms with Crippen molar-refractivity contribution in [2.24, 2.45) is 5.73 Å². The highest BCUT2D eigenvalue weighted by Gasteiger charge is 2.12. The summed E-state index contributed by atoms with van der Waals surface area (Å²) in [6, 6.07) is 5.86. The van der Waals surface area contributed by atoms with E-state index >= 15 is 0 Å². The number of nitrogens with two attached hydrogens (primary N) is 1. The average molecular weight is 269 g/mol. The van der Waals surface area contributed by atoms with Gasteiger partial charge in [0.2, 0.25) is 0 Å². The molecule has 2 rings (SSSR count). The Bertz CT molecular complexity index is 459. The number of aliphatic carboxylic acids is 2. The molecule has 7 heteroatoms. The zero-order valence-corrected chi connectivity index (χ0v) is 10.3. The number of hydrogen-bond acceptors (Lipinski definition) is 5. The normalized spacial score (nSPS) is 13.8. The van der Waals surface area contributed by atoms with E-state index in [1.807, 2.05) is 25.1 Å². The fourth-order valence-electron chi connectivity index (χ4n) is 1.34. The molecule has 1 aromatic carbocycles. The molecular weight excluding hydrogens is 254 g/mol. The quantitative estimate of drug-likeness (QED) is 0.640. The number of carboxylic acids is 2. The molecule has 1 aliphatic rings. The molecule has 0 spiro atoms. The first-order valence-electron chi connectivity index (χ1n) is 5.53. The van der Waals surface area contributed by atoms with Crippen molar-refractivity contribution in [2.75, 3.05) is 13.2 Å². The van der Waals surface area contributed by atoms with Gasteiger partial charge in [-0.2, -0.15) is 0 Å². The Kier molecular flexibility index (Phi) is 5.13. The number of hydrogen-bond donors (Lipinski definition) is 3. The van der Waals surface area contributed by atoms with Gasteiger partial charge < -0.3 is 25.4 Å². The zero-order valence-electron chi connectivity index (χ0n) is 10.3. The fraction of sp³-hybridized carbons (Fsp3) is 0.333. The number of carbonyl (C=O) groups is 2. The largest absolute Gasteiger partial charge is 0.486 e. The second-order valence-corrected chi connectivity index (χ2v) is 3.80. The number of ether oxygens (including phenoxy) is 2. The maximum Gasteiger partial charge on any atom is 0.414 e.